The molecule has 1 fully saturated rings. The predicted molar refractivity (Wildman–Crippen MR) is 98.4 cm³/mol. The van der Waals surface area contributed by atoms with Crippen LogP contribution in [0.25, 0.3) is 0 Å². The van der Waals surface area contributed by atoms with Gasteiger partial charge in [-0.05, 0) is 37.5 Å². The van der Waals surface area contributed by atoms with Gasteiger partial charge in [0.2, 0.25) is 5.91 Å². The predicted octanol–water partition coefficient (Wildman–Crippen LogP) is 1.77. The number of benzene rings is 1. The van der Waals surface area contributed by atoms with Crippen LogP contribution in [-0.2, 0) is 9.59 Å². The van der Waals surface area contributed by atoms with Gasteiger partial charge < -0.3 is 5.32 Å². The number of nitrogens with one attached hydrogen (secondary N) is 2. The number of carbonyl (C=O) groups is 2. The zero-order chi connectivity index (χ0) is 18.0. The Hall–Kier alpha value is -1.93. The fraction of sp³-hybridized carbons (Fsp3) is 0.471. The summed E-state index contributed by atoms with van der Waals surface area (Å²) in [5, 5.41) is 9.97. The molecule has 0 saturated carbocycles. The van der Waals surface area contributed by atoms with Crippen LogP contribution in [0.4, 0.5) is 0 Å². The number of hydrazone groups is 1. The highest BCUT2D eigenvalue weighted by atomic mass is 79.9. The molecular weight excluding hydrogens is 386 g/mol. The highest BCUT2D eigenvalue weighted by Crippen LogP contribution is 2.30. The monoisotopic (exact) mass is 407 g/mol. The second-order valence-corrected chi connectivity index (χ2v) is 7.31. The maximum absolute atomic E-state index is 12.7. The van der Waals surface area contributed by atoms with Crippen LogP contribution in [0.2, 0.25) is 0 Å². The number of hydrogen-bond acceptors (Lipinski definition) is 5. The van der Waals surface area contributed by atoms with Gasteiger partial charge in [-0.15, -0.1) is 0 Å². The summed E-state index contributed by atoms with van der Waals surface area (Å²) >= 11 is 3.43. The molecule has 3 unspecified atom stereocenters. The molecule has 7 nitrogen and oxygen atoms in total. The molecule has 134 valence electrons. The molecule has 0 radical (unpaired) electrons. The summed E-state index contributed by atoms with van der Waals surface area (Å²) in [4.78, 5) is 24.7. The van der Waals surface area contributed by atoms with Gasteiger partial charge in [-0.3, -0.25) is 14.6 Å². The summed E-state index contributed by atoms with van der Waals surface area (Å²) in [7, 11) is 0. The maximum atomic E-state index is 12.7. The normalized spacial score (nSPS) is 23.6. The summed E-state index contributed by atoms with van der Waals surface area (Å²) in [6, 6.07) is 7.80. The van der Waals surface area contributed by atoms with E-state index in [0.717, 1.165) is 16.5 Å². The van der Waals surface area contributed by atoms with E-state index in [-0.39, 0.29) is 36.5 Å². The van der Waals surface area contributed by atoms with Crippen molar-refractivity contribution in [2.24, 2.45) is 5.10 Å². The molecule has 2 aliphatic rings. The van der Waals surface area contributed by atoms with Gasteiger partial charge in [-0.25, -0.2) is 10.4 Å². The number of carbonyl (C=O) groups excluding carboxylic acids is 2. The van der Waals surface area contributed by atoms with E-state index in [4.69, 9.17) is 0 Å². The van der Waals surface area contributed by atoms with E-state index in [1.165, 1.54) is 5.01 Å². The van der Waals surface area contributed by atoms with Crippen molar-refractivity contribution in [2.75, 3.05) is 6.54 Å². The lowest BCUT2D eigenvalue weighted by Crippen LogP contribution is -2.52. The molecule has 0 bridgehead atoms. The molecule has 1 aromatic carbocycles. The van der Waals surface area contributed by atoms with Crippen molar-refractivity contribution in [3.05, 3.63) is 34.3 Å². The van der Waals surface area contributed by atoms with Gasteiger partial charge in [0, 0.05) is 10.5 Å². The van der Waals surface area contributed by atoms with Crippen LogP contribution in [0.15, 0.2) is 33.8 Å². The van der Waals surface area contributed by atoms with Crippen LogP contribution in [0.1, 0.15) is 38.3 Å². The second-order valence-electron chi connectivity index (χ2n) is 6.40. The smallest absolute Gasteiger partial charge is 0.267 e. The van der Waals surface area contributed by atoms with Crippen molar-refractivity contribution >= 4 is 34.1 Å². The van der Waals surface area contributed by atoms with Crippen molar-refractivity contribution in [1.82, 2.24) is 20.8 Å². The lowest BCUT2D eigenvalue weighted by atomic mass is 10.0. The summed E-state index contributed by atoms with van der Waals surface area (Å²) in [5.41, 5.74) is 4.41. The zero-order valence-corrected chi connectivity index (χ0v) is 15.9. The largest absolute Gasteiger partial charge is 0.352 e. The SMILES string of the molecule is CCC(C)NC(=O)CN1N=CN2NC(c3ccc(Br)cc3)CC2C1=O. The van der Waals surface area contributed by atoms with Crippen molar-refractivity contribution in [2.45, 2.75) is 44.8 Å². The molecule has 25 heavy (non-hydrogen) atoms. The number of nitrogens with zero attached hydrogens (tertiary/aromatic N) is 3. The molecule has 0 aliphatic carbocycles. The molecule has 3 atom stereocenters. The fourth-order valence-electron chi connectivity index (χ4n) is 2.92. The number of hydrazine groups is 1. The lowest BCUT2D eigenvalue weighted by molar-refractivity contribution is -0.140. The van der Waals surface area contributed by atoms with Crippen LogP contribution in [0.5, 0.6) is 0 Å². The molecular formula is C17H22BrN5O2. The van der Waals surface area contributed by atoms with Crippen molar-refractivity contribution in [3.63, 3.8) is 0 Å². The van der Waals surface area contributed by atoms with Gasteiger partial charge in [0.05, 0.1) is 6.04 Å². The molecule has 1 saturated heterocycles. The number of rotatable bonds is 5. The van der Waals surface area contributed by atoms with E-state index in [1.807, 2.05) is 38.1 Å². The van der Waals surface area contributed by atoms with Gasteiger partial charge in [0.25, 0.3) is 5.91 Å². The first kappa shape index (κ1) is 17.9. The average molecular weight is 408 g/mol. The molecule has 0 spiro atoms. The minimum Gasteiger partial charge on any atom is -0.352 e. The van der Waals surface area contributed by atoms with Crippen LogP contribution >= 0.6 is 15.9 Å². The van der Waals surface area contributed by atoms with E-state index in [0.29, 0.717) is 6.42 Å². The summed E-state index contributed by atoms with van der Waals surface area (Å²) < 4.78 is 1.02. The Kier molecular flexibility index (Phi) is 5.39. The number of amides is 2. The zero-order valence-electron chi connectivity index (χ0n) is 14.3. The minimum atomic E-state index is -0.345. The quantitative estimate of drug-likeness (QED) is 0.779. The molecule has 2 heterocycles. The molecule has 2 amide bonds. The Morgan fingerprint density at radius 2 is 2.16 bits per heavy atom. The van der Waals surface area contributed by atoms with Crippen LogP contribution < -0.4 is 10.7 Å². The number of halogens is 1. The molecule has 0 aromatic heterocycles. The van der Waals surface area contributed by atoms with E-state index in [1.54, 1.807) is 11.3 Å². The van der Waals surface area contributed by atoms with Crippen LogP contribution in [-0.4, -0.2) is 46.8 Å². The van der Waals surface area contributed by atoms with Crippen molar-refractivity contribution in [3.8, 4) is 0 Å². The van der Waals surface area contributed by atoms with Gasteiger partial charge in [-0.1, -0.05) is 35.0 Å². The van der Waals surface area contributed by atoms with E-state index in [2.05, 4.69) is 31.8 Å². The Morgan fingerprint density at radius 1 is 1.44 bits per heavy atom. The van der Waals surface area contributed by atoms with Gasteiger partial charge in [0.15, 0.2) is 0 Å². The van der Waals surface area contributed by atoms with Crippen LogP contribution in [0, 0.1) is 0 Å². The fourth-order valence-corrected chi connectivity index (χ4v) is 3.19. The topological polar surface area (TPSA) is 77.0 Å². The Balaban J connectivity index is 1.63. The van der Waals surface area contributed by atoms with Crippen LogP contribution in [0.3, 0.4) is 0 Å². The Morgan fingerprint density at radius 3 is 2.84 bits per heavy atom. The molecule has 2 N–H and O–H groups in total. The summed E-state index contributed by atoms with van der Waals surface area (Å²) in [6.07, 6.45) is 3.07. The number of hydrogen-bond donors (Lipinski definition) is 2. The summed E-state index contributed by atoms with van der Waals surface area (Å²) in [5.74, 6) is -0.349. The highest BCUT2D eigenvalue weighted by molar-refractivity contribution is 9.10. The Bertz CT molecular complexity index is 678. The maximum Gasteiger partial charge on any atom is 0.267 e. The third-order valence-electron chi connectivity index (χ3n) is 4.54. The third-order valence-corrected chi connectivity index (χ3v) is 5.07. The van der Waals surface area contributed by atoms with E-state index < -0.39 is 0 Å². The van der Waals surface area contributed by atoms with Crippen molar-refractivity contribution in [1.29, 1.82) is 0 Å². The van der Waals surface area contributed by atoms with Crippen molar-refractivity contribution < 1.29 is 9.59 Å². The molecule has 3 rings (SSSR count). The van der Waals surface area contributed by atoms with Gasteiger partial charge in [-0.2, -0.15) is 5.10 Å². The number of fused-ring (bicyclic) bond motifs is 1. The first-order valence-electron chi connectivity index (χ1n) is 8.42. The molecule has 8 heteroatoms. The third kappa shape index (κ3) is 4.01. The first-order valence-corrected chi connectivity index (χ1v) is 9.22. The van der Waals surface area contributed by atoms with E-state index >= 15 is 0 Å². The van der Waals surface area contributed by atoms with Gasteiger partial charge >= 0.3 is 0 Å². The van der Waals surface area contributed by atoms with Gasteiger partial charge in [0.1, 0.15) is 18.9 Å². The Labute approximate surface area is 155 Å². The molecule has 1 aromatic rings. The highest BCUT2D eigenvalue weighted by Gasteiger charge is 2.41. The van der Waals surface area contributed by atoms with E-state index in [9.17, 15) is 9.59 Å². The average Bonchev–Trinajstić information content (AvgIpc) is 3.03. The summed E-state index contributed by atoms with van der Waals surface area (Å²) in [6.45, 7) is 3.89. The lowest BCUT2D eigenvalue weighted by Gasteiger charge is -2.30. The molecule has 2 aliphatic heterocycles. The second kappa shape index (κ2) is 7.53. The minimum absolute atomic E-state index is 0.0439. The first-order chi connectivity index (χ1) is 12.0. The standard InChI is InChI=1S/C17H22BrN5O2/c1-3-11(2)20-16(24)9-22-17(25)15-8-14(21-23(15)10-19-22)12-4-6-13(18)7-5-12/h4-7,10-11,14-15,21H,3,8-9H2,1-2H3,(H,20,24).